The van der Waals surface area contributed by atoms with Crippen LogP contribution in [-0.4, -0.2) is 37.4 Å². The van der Waals surface area contributed by atoms with Gasteiger partial charge in [-0.25, -0.2) is 19.1 Å². The van der Waals surface area contributed by atoms with Gasteiger partial charge >= 0.3 is 17.3 Å². The number of benzene rings is 5. The van der Waals surface area contributed by atoms with Crippen molar-refractivity contribution >= 4 is 111 Å². The molecule has 15 heteroatoms. The molecule has 0 bridgehead atoms. The lowest BCUT2D eigenvalue weighted by Gasteiger charge is -1.97. The summed E-state index contributed by atoms with van der Waals surface area (Å²) in [7, 11) is 18.4. The van der Waals surface area contributed by atoms with Gasteiger partial charge in [-0.3, -0.25) is 0 Å². The van der Waals surface area contributed by atoms with Gasteiger partial charge in [0.1, 0.15) is 40.9 Å². The lowest BCUT2D eigenvalue weighted by molar-refractivity contribution is -0.659. The molecule has 0 saturated carbocycles. The first-order valence-electron chi connectivity index (χ1n) is 24.7. The van der Waals surface area contributed by atoms with E-state index in [-0.39, 0.29) is 14.9 Å². The minimum Gasteiger partial charge on any atom is -0.438 e. The van der Waals surface area contributed by atoms with Crippen LogP contribution in [-0.2, 0) is 63.4 Å². The van der Waals surface area contributed by atoms with Crippen LogP contribution < -0.4 is 13.7 Å². The van der Waals surface area contributed by atoms with Crippen LogP contribution in [0.3, 0.4) is 0 Å². The van der Waals surface area contributed by atoms with Crippen LogP contribution in [0.1, 0.15) is 44.1 Å². The average molecular weight is 1020 g/mol. The van der Waals surface area contributed by atoms with Crippen molar-refractivity contribution in [2.75, 3.05) is 0 Å². The van der Waals surface area contributed by atoms with Crippen LogP contribution in [0.4, 0.5) is 0 Å². The van der Waals surface area contributed by atoms with E-state index in [1.165, 1.54) is 60.5 Å². The molecule has 5 aromatic carbocycles. The highest BCUT2D eigenvalue weighted by Crippen LogP contribution is 2.31. The molecule has 10 heterocycles. The second-order valence-corrected chi connectivity index (χ2v) is 19.2. The second kappa shape index (κ2) is 19.8. The smallest absolute Gasteiger partial charge is 0.345 e. The van der Waals surface area contributed by atoms with E-state index in [1.807, 2.05) is 128 Å². The summed E-state index contributed by atoms with van der Waals surface area (Å²) < 4.78 is 42.0. The van der Waals surface area contributed by atoms with Crippen LogP contribution in [0.5, 0.6) is 0 Å². The van der Waals surface area contributed by atoms with Crippen LogP contribution in [0.2, 0.25) is 0 Å². The average Bonchev–Trinajstić information content (AvgIpc) is 4.35. The Hall–Kier alpha value is -8.85. The Labute approximate surface area is 441 Å². The molecule has 10 aromatic heterocycles. The molecule has 0 N–H and O–H groups in total. The number of aromatic nitrogens is 11. The Balaban J connectivity index is 0.000000115. The third kappa shape index (κ3) is 8.08. The highest BCUT2D eigenvalue weighted by Gasteiger charge is 2.26. The lowest BCUT2D eigenvalue weighted by atomic mass is 10.2. The normalized spacial score (nSPS) is 11.3. The number of furan rings is 2. The van der Waals surface area contributed by atoms with E-state index < -0.39 is 0 Å². The summed E-state index contributed by atoms with van der Waals surface area (Å²) >= 11 is 0. The minimum atomic E-state index is 0. The molecule has 76 heavy (non-hydrogen) atoms. The predicted molar refractivity (Wildman–Crippen MR) is 306 cm³/mol. The van der Waals surface area contributed by atoms with Gasteiger partial charge in [-0.2, -0.15) is 13.7 Å². The molecular formula is C61H70N11O4+3. The van der Waals surface area contributed by atoms with Crippen molar-refractivity contribution in [3.05, 3.63) is 151 Å². The van der Waals surface area contributed by atoms with Crippen LogP contribution in [0.15, 0.2) is 139 Å². The van der Waals surface area contributed by atoms with Crippen molar-refractivity contribution < 1.29 is 31.4 Å². The summed E-state index contributed by atoms with van der Waals surface area (Å²) in [6.07, 6.45) is 0. The minimum absolute atomic E-state index is 0. The highest BCUT2D eigenvalue weighted by molar-refractivity contribution is 6.06. The van der Waals surface area contributed by atoms with Gasteiger partial charge in [0.2, 0.25) is 16.8 Å². The Bertz CT molecular complexity index is 4490. The molecule has 0 radical (unpaired) electrons. The fraction of sp³-hybridized carbons (Fsp3) is 0.262. The molecule has 390 valence electrons. The molecule has 0 amide bonds. The third-order valence-electron chi connectivity index (χ3n) is 15.1. The molecule has 0 saturated heterocycles. The quantitative estimate of drug-likeness (QED) is 0.140. The van der Waals surface area contributed by atoms with E-state index in [2.05, 4.69) is 142 Å². The number of hydrogen-bond donors (Lipinski definition) is 0. The number of nitrogens with zero attached hydrogens (tertiary/aromatic N) is 11. The number of para-hydroxylation sites is 5. The van der Waals surface area contributed by atoms with Gasteiger partial charge < -0.3 is 35.9 Å². The molecule has 0 spiro atoms. The van der Waals surface area contributed by atoms with E-state index in [9.17, 15) is 0 Å². The first-order chi connectivity index (χ1) is 35.6. The van der Waals surface area contributed by atoms with Gasteiger partial charge in [0, 0.05) is 52.8 Å². The van der Waals surface area contributed by atoms with Crippen molar-refractivity contribution in [2.45, 2.75) is 49.5 Å². The van der Waals surface area contributed by atoms with E-state index in [1.54, 1.807) is 0 Å². The van der Waals surface area contributed by atoms with Crippen LogP contribution in [0, 0.1) is 34.6 Å². The highest BCUT2D eigenvalue weighted by atomic mass is 16.4. The largest absolute Gasteiger partial charge is 0.438 e. The zero-order valence-corrected chi connectivity index (χ0v) is 44.6. The Kier molecular flexibility index (Phi) is 13.5. The molecule has 0 fully saturated rings. The predicted octanol–water partition coefficient (Wildman–Crippen LogP) is 12.4. The van der Waals surface area contributed by atoms with Crippen molar-refractivity contribution in [3.63, 3.8) is 0 Å². The molecular weight excluding hydrogens is 951 g/mol. The molecule has 15 rings (SSSR count). The number of aryl methyl sites for hydroxylation is 13. The van der Waals surface area contributed by atoms with Gasteiger partial charge in [-0.15, -0.1) is 0 Å². The SMILES string of the molecule is C.C.Cc1n(C)c2c3ccccc3oc2[n+]1C.Cc1nc2c(c3ccccc3n2C)n1C.Cc1nc2c3ccccc3oc2n1C.Cc1oc2c(c3ccccc3n2C)[n+]1C.Cc1oc2c3ccccc3n(C)c2[n+]1C. The van der Waals surface area contributed by atoms with Crippen LogP contribution >= 0.6 is 0 Å². The zero-order chi connectivity index (χ0) is 52.0. The Morgan fingerprint density at radius 3 is 1.58 bits per heavy atom. The molecule has 0 unspecified atom stereocenters. The molecule has 0 aliphatic heterocycles. The molecule has 15 nitrogen and oxygen atoms in total. The monoisotopic (exact) mass is 1020 g/mol. The third-order valence-corrected chi connectivity index (χ3v) is 15.1. The van der Waals surface area contributed by atoms with Gasteiger partial charge in [0.25, 0.3) is 22.9 Å². The number of rotatable bonds is 0. The fourth-order valence-corrected chi connectivity index (χ4v) is 10.4. The summed E-state index contributed by atoms with van der Waals surface area (Å²) in [5, 5.41) is 5.97. The molecule has 0 atom stereocenters. The zero-order valence-electron chi connectivity index (χ0n) is 44.6. The van der Waals surface area contributed by atoms with Gasteiger partial charge in [-0.1, -0.05) is 81.6 Å². The fourth-order valence-electron chi connectivity index (χ4n) is 10.4. The number of hydrogen-bond acceptors (Lipinski definition) is 6. The number of fused-ring (bicyclic) bond motifs is 15. The van der Waals surface area contributed by atoms with Crippen molar-refractivity contribution in [2.24, 2.45) is 63.4 Å². The first-order valence-corrected chi connectivity index (χ1v) is 24.7. The summed E-state index contributed by atoms with van der Waals surface area (Å²) in [5.41, 5.74) is 16.0. The van der Waals surface area contributed by atoms with E-state index >= 15 is 0 Å². The maximum atomic E-state index is 5.83. The number of imidazole rings is 3. The van der Waals surface area contributed by atoms with Gasteiger partial charge in [0.15, 0.2) is 5.65 Å². The summed E-state index contributed by atoms with van der Waals surface area (Å²) in [4.78, 5) is 9.05. The molecule has 15 aromatic rings. The maximum Gasteiger partial charge on any atom is 0.345 e. The molecule has 0 aliphatic carbocycles. The Morgan fingerprint density at radius 1 is 0.408 bits per heavy atom. The summed E-state index contributed by atoms with van der Waals surface area (Å²) in [5.74, 6) is 5.09. The van der Waals surface area contributed by atoms with E-state index in [0.717, 1.165) is 79.5 Å². The van der Waals surface area contributed by atoms with Crippen molar-refractivity contribution in [1.29, 1.82) is 0 Å². The van der Waals surface area contributed by atoms with Gasteiger partial charge in [-0.05, 0) is 68.4 Å². The van der Waals surface area contributed by atoms with E-state index in [4.69, 9.17) is 17.7 Å². The van der Waals surface area contributed by atoms with Crippen LogP contribution in [0.25, 0.3) is 111 Å². The first kappa shape index (κ1) is 52.0. The van der Waals surface area contributed by atoms with E-state index in [0.29, 0.717) is 0 Å². The Morgan fingerprint density at radius 2 is 0.921 bits per heavy atom. The topological polar surface area (TPSA) is 120 Å². The van der Waals surface area contributed by atoms with Gasteiger partial charge in [0.05, 0.1) is 67.8 Å². The van der Waals surface area contributed by atoms with Crippen molar-refractivity contribution in [1.82, 2.24) is 37.4 Å². The molecule has 0 aliphatic rings. The standard InChI is InChI=1S/C12H13N3.3C12H13N2O.C11H10N2O.2CH4/c1-8-13-12-11(14(8)2)9-6-4-5-7-10(9)15(12)3;1-8-13(2)12-11(15-8)9-6-4-5-7-10(9)14(12)3;1-8-13(2)11-9-6-4-5-7-10(9)14(3)12(11)15-8;1-8-13(2)11-9-6-4-5-7-10(9)15-12(11)14(8)3;1-7-12-10-8-5-3-4-6-9(8)14-11(10)13(7)2;;/h4*4-7H,1-3H3;3-6H,1-2H3;2*1H4/q;3*+1;;;. The lowest BCUT2D eigenvalue weighted by Crippen LogP contribution is -2.30. The second-order valence-electron chi connectivity index (χ2n) is 19.2. The summed E-state index contributed by atoms with van der Waals surface area (Å²) in [6.45, 7) is 10.1. The maximum absolute atomic E-state index is 5.83. The number of oxazole rings is 2. The van der Waals surface area contributed by atoms with Crippen molar-refractivity contribution in [3.8, 4) is 0 Å². The summed E-state index contributed by atoms with van der Waals surface area (Å²) in [6, 6.07) is 41.2.